The highest BCUT2D eigenvalue weighted by Crippen LogP contribution is 2.34. The molecule has 0 unspecified atom stereocenters. The number of hydrogen-bond acceptors (Lipinski definition) is 6. The zero-order valence-electron chi connectivity index (χ0n) is 17.4. The summed E-state index contributed by atoms with van der Waals surface area (Å²) in [5.74, 6) is 0.135. The first-order valence-electron chi connectivity index (χ1n) is 9.57. The van der Waals surface area contributed by atoms with E-state index in [9.17, 15) is 4.79 Å². The van der Waals surface area contributed by atoms with Crippen LogP contribution in [0.15, 0.2) is 18.3 Å². The molecule has 0 aliphatic rings. The van der Waals surface area contributed by atoms with Crippen LogP contribution in [0, 0.1) is 6.92 Å². The number of aryl methyl sites for hydroxylation is 2. The van der Waals surface area contributed by atoms with Gasteiger partial charge in [-0.2, -0.15) is 0 Å². The van der Waals surface area contributed by atoms with Crippen LogP contribution < -0.4 is 9.64 Å². The molecule has 1 aromatic carbocycles. The summed E-state index contributed by atoms with van der Waals surface area (Å²) in [5, 5.41) is 5.54. The Hall–Kier alpha value is -2.16. The third kappa shape index (κ3) is 4.39. The number of benzene rings is 1. The van der Waals surface area contributed by atoms with Gasteiger partial charge in [0, 0.05) is 31.4 Å². The summed E-state index contributed by atoms with van der Waals surface area (Å²) in [4.78, 5) is 22.2. The number of carbonyl (C=O) groups excluding carboxylic acids is 1. The Morgan fingerprint density at radius 1 is 1.28 bits per heavy atom. The number of rotatable bonds is 8. The molecule has 1 amide bonds. The van der Waals surface area contributed by atoms with E-state index in [1.165, 1.54) is 18.4 Å². The maximum Gasteiger partial charge on any atom is 0.267 e. The summed E-state index contributed by atoms with van der Waals surface area (Å²) in [7, 11) is 3.28. The normalized spacial score (nSPS) is 11.4. The maximum absolute atomic E-state index is 13.5. The summed E-state index contributed by atoms with van der Waals surface area (Å²) in [6.07, 6.45) is 1.68. The minimum atomic E-state index is -0.176. The number of anilines is 1. The fraction of sp³-hybridized carbons (Fsp3) is 0.450. The van der Waals surface area contributed by atoms with Gasteiger partial charge >= 0.3 is 0 Å². The zero-order valence-corrected chi connectivity index (χ0v) is 19.0. The van der Waals surface area contributed by atoms with Crippen molar-refractivity contribution in [3.63, 3.8) is 0 Å². The molecule has 7 nitrogen and oxygen atoms in total. The third-order valence-corrected chi connectivity index (χ3v) is 6.42. The molecule has 3 aromatic rings. The Kier molecular flexibility index (Phi) is 6.77. The van der Waals surface area contributed by atoms with Crippen LogP contribution >= 0.6 is 22.9 Å². The minimum Gasteiger partial charge on any atom is -0.479 e. The lowest BCUT2D eigenvalue weighted by Gasteiger charge is -2.24. The number of likely N-dealkylation sites (N-methyl/N-ethyl adjacent to an activating group) is 1. The van der Waals surface area contributed by atoms with Gasteiger partial charge in [-0.1, -0.05) is 36.8 Å². The molecule has 0 saturated heterocycles. The van der Waals surface area contributed by atoms with Crippen LogP contribution in [0.1, 0.15) is 29.8 Å². The number of thiazole rings is 1. The number of fused-ring (bicyclic) bond motifs is 1. The largest absolute Gasteiger partial charge is 0.479 e. The summed E-state index contributed by atoms with van der Waals surface area (Å²) in [5.41, 5.74) is 2.17. The van der Waals surface area contributed by atoms with Crippen molar-refractivity contribution >= 4 is 44.2 Å². The molecule has 0 atom stereocenters. The molecular formula is C20H26ClN5O2S. The molecule has 0 fully saturated rings. The molecule has 0 aliphatic carbocycles. The smallest absolute Gasteiger partial charge is 0.267 e. The number of hydrogen-bond donors (Lipinski definition) is 0. The predicted molar refractivity (Wildman–Crippen MR) is 119 cm³/mol. The molecule has 0 saturated carbocycles. The molecular weight excluding hydrogens is 410 g/mol. The lowest BCUT2D eigenvalue weighted by atomic mass is 10.2. The van der Waals surface area contributed by atoms with Gasteiger partial charge in [0.1, 0.15) is 5.56 Å². The van der Waals surface area contributed by atoms with Gasteiger partial charge in [0.25, 0.3) is 5.91 Å². The van der Waals surface area contributed by atoms with E-state index in [4.69, 9.17) is 21.3 Å². The molecule has 0 aliphatic heterocycles. The Bertz CT molecular complexity index is 1010. The molecule has 9 heteroatoms. The van der Waals surface area contributed by atoms with Crippen molar-refractivity contribution in [2.45, 2.75) is 20.8 Å². The van der Waals surface area contributed by atoms with E-state index < -0.39 is 0 Å². The van der Waals surface area contributed by atoms with Crippen molar-refractivity contribution in [3.8, 4) is 5.88 Å². The van der Waals surface area contributed by atoms with Gasteiger partial charge < -0.3 is 9.64 Å². The van der Waals surface area contributed by atoms with Gasteiger partial charge in [0.2, 0.25) is 5.88 Å². The van der Waals surface area contributed by atoms with Gasteiger partial charge in [-0.3, -0.25) is 14.4 Å². The average molecular weight is 436 g/mol. The van der Waals surface area contributed by atoms with Crippen molar-refractivity contribution in [2.75, 3.05) is 38.2 Å². The van der Waals surface area contributed by atoms with E-state index in [0.717, 1.165) is 35.4 Å². The van der Waals surface area contributed by atoms with Crippen LogP contribution in [0.3, 0.4) is 0 Å². The number of halogens is 1. The molecule has 0 radical (unpaired) electrons. The second kappa shape index (κ2) is 9.11. The lowest BCUT2D eigenvalue weighted by molar-refractivity contribution is 0.0981. The van der Waals surface area contributed by atoms with Crippen molar-refractivity contribution in [3.05, 3.63) is 34.5 Å². The molecule has 156 valence electrons. The predicted octanol–water partition coefficient (Wildman–Crippen LogP) is 3.99. The Labute approximate surface area is 179 Å². The van der Waals surface area contributed by atoms with Crippen molar-refractivity contribution < 1.29 is 9.53 Å². The third-order valence-electron chi connectivity index (χ3n) is 4.97. The number of aromatic nitrogens is 3. The van der Waals surface area contributed by atoms with E-state index in [0.29, 0.717) is 28.1 Å². The van der Waals surface area contributed by atoms with E-state index in [-0.39, 0.29) is 5.91 Å². The van der Waals surface area contributed by atoms with Gasteiger partial charge in [-0.25, -0.2) is 4.98 Å². The standard InChI is InChI=1S/C20H26ClN5O2S/c1-6-25(7-2)10-11-26(19(27)14-12-24(4)23-18(14)28-5)20-22-17-13(3)15(21)8-9-16(17)29-20/h8-9,12H,6-7,10-11H2,1-5H3. The second-order valence-corrected chi connectivity index (χ2v) is 8.14. The topological polar surface area (TPSA) is 63.5 Å². The molecule has 0 bridgehead atoms. The first kappa shape index (κ1) is 21.5. The minimum absolute atomic E-state index is 0.176. The van der Waals surface area contributed by atoms with Crippen LogP contribution in [0.2, 0.25) is 5.02 Å². The van der Waals surface area contributed by atoms with Gasteiger partial charge in [-0.05, 0) is 37.7 Å². The van der Waals surface area contributed by atoms with Gasteiger partial charge in [-0.15, -0.1) is 5.10 Å². The number of methoxy groups -OCH3 is 1. The highest BCUT2D eigenvalue weighted by atomic mass is 35.5. The molecule has 0 spiro atoms. The van der Waals surface area contributed by atoms with E-state index in [1.54, 1.807) is 22.8 Å². The summed E-state index contributed by atoms with van der Waals surface area (Å²) in [6, 6.07) is 3.82. The summed E-state index contributed by atoms with van der Waals surface area (Å²) >= 11 is 7.75. The first-order valence-corrected chi connectivity index (χ1v) is 10.8. The van der Waals surface area contributed by atoms with E-state index >= 15 is 0 Å². The quantitative estimate of drug-likeness (QED) is 0.535. The fourth-order valence-electron chi connectivity index (χ4n) is 3.18. The number of nitrogens with zero attached hydrogens (tertiary/aromatic N) is 5. The van der Waals surface area contributed by atoms with Crippen molar-refractivity contribution in [1.29, 1.82) is 0 Å². The van der Waals surface area contributed by atoms with Gasteiger partial charge in [0.05, 0.1) is 17.3 Å². The molecule has 2 aromatic heterocycles. The highest BCUT2D eigenvalue weighted by Gasteiger charge is 2.27. The highest BCUT2D eigenvalue weighted by molar-refractivity contribution is 7.22. The Morgan fingerprint density at radius 2 is 2.00 bits per heavy atom. The van der Waals surface area contributed by atoms with Crippen molar-refractivity contribution in [1.82, 2.24) is 19.7 Å². The molecule has 29 heavy (non-hydrogen) atoms. The number of carbonyl (C=O) groups is 1. The average Bonchev–Trinajstić information content (AvgIpc) is 3.31. The maximum atomic E-state index is 13.5. The summed E-state index contributed by atoms with van der Waals surface area (Å²) in [6.45, 7) is 9.28. The molecule has 0 N–H and O–H groups in total. The second-order valence-electron chi connectivity index (χ2n) is 6.72. The monoisotopic (exact) mass is 435 g/mol. The Morgan fingerprint density at radius 3 is 2.66 bits per heavy atom. The van der Waals surface area contributed by atoms with Crippen LogP contribution in [-0.2, 0) is 7.05 Å². The zero-order chi connectivity index (χ0) is 21.1. The lowest BCUT2D eigenvalue weighted by Crippen LogP contribution is -2.38. The number of ether oxygens (including phenoxy) is 1. The van der Waals surface area contributed by atoms with Crippen LogP contribution in [0.5, 0.6) is 5.88 Å². The van der Waals surface area contributed by atoms with E-state index in [1.807, 2.05) is 19.1 Å². The van der Waals surface area contributed by atoms with Crippen LogP contribution in [-0.4, -0.2) is 58.9 Å². The Balaban J connectivity index is 2.03. The van der Waals surface area contributed by atoms with Crippen LogP contribution in [0.25, 0.3) is 10.2 Å². The van der Waals surface area contributed by atoms with Crippen molar-refractivity contribution in [2.24, 2.45) is 7.05 Å². The SMILES string of the molecule is CCN(CC)CCN(C(=O)c1cn(C)nc1OC)c1nc2c(C)c(Cl)ccc2s1. The molecule has 2 heterocycles. The number of amides is 1. The summed E-state index contributed by atoms with van der Waals surface area (Å²) < 4.78 is 7.89. The van der Waals surface area contributed by atoms with Gasteiger partial charge in [0.15, 0.2) is 5.13 Å². The van der Waals surface area contributed by atoms with E-state index in [2.05, 4.69) is 23.8 Å². The fourth-order valence-corrected chi connectivity index (χ4v) is 4.38. The van der Waals surface area contributed by atoms with Crippen LogP contribution in [0.4, 0.5) is 5.13 Å². The first-order chi connectivity index (χ1) is 13.9. The molecule has 3 rings (SSSR count).